The molecule has 1 atom stereocenters. The Balaban J connectivity index is 1.68. The number of hydrogen-bond acceptors (Lipinski definition) is 6. The standard InChI is InChI=1S/C22H22FN5O3S/c1-3-12-28-21(14(2)31-16-10-8-15(23)9-11-16)26-27-22(28)32-13-19(29)25-18-7-5-4-6-17(18)20(24)30/h3-11,14H,1,12-13H2,2H3,(H2,24,30)(H,25,29). The van der Waals surface area contributed by atoms with Crippen molar-refractivity contribution in [3.63, 3.8) is 0 Å². The van der Waals surface area contributed by atoms with Crippen molar-refractivity contribution in [2.75, 3.05) is 11.1 Å². The predicted molar refractivity (Wildman–Crippen MR) is 120 cm³/mol. The summed E-state index contributed by atoms with van der Waals surface area (Å²) in [5.41, 5.74) is 5.92. The van der Waals surface area contributed by atoms with Crippen LogP contribution in [0.2, 0.25) is 0 Å². The van der Waals surface area contributed by atoms with E-state index in [1.165, 1.54) is 36.0 Å². The molecule has 10 heteroatoms. The Labute approximate surface area is 188 Å². The maximum atomic E-state index is 13.1. The molecule has 0 saturated carbocycles. The lowest BCUT2D eigenvalue weighted by Crippen LogP contribution is -2.19. The molecule has 0 fully saturated rings. The molecule has 3 aromatic rings. The molecular weight excluding hydrogens is 433 g/mol. The molecule has 0 radical (unpaired) electrons. The van der Waals surface area contributed by atoms with Gasteiger partial charge in [-0.1, -0.05) is 30.0 Å². The molecule has 166 valence electrons. The number of hydrogen-bond donors (Lipinski definition) is 2. The molecular formula is C22H22FN5O3S. The number of aromatic nitrogens is 3. The van der Waals surface area contributed by atoms with Crippen LogP contribution in [0.5, 0.6) is 5.75 Å². The number of ether oxygens (including phenoxy) is 1. The van der Waals surface area contributed by atoms with Crippen LogP contribution in [0.15, 0.2) is 66.3 Å². The highest BCUT2D eigenvalue weighted by Crippen LogP contribution is 2.25. The van der Waals surface area contributed by atoms with Gasteiger partial charge in [0.1, 0.15) is 11.6 Å². The van der Waals surface area contributed by atoms with Crippen molar-refractivity contribution in [1.29, 1.82) is 0 Å². The van der Waals surface area contributed by atoms with Crippen molar-refractivity contribution in [2.24, 2.45) is 5.73 Å². The van der Waals surface area contributed by atoms with Crippen molar-refractivity contribution < 1.29 is 18.7 Å². The Morgan fingerprint density at radius 1 is 1.25 bits per heavy atom. The molecule has 2 amide bonds. The van der Waals surface area contributed by atoms with Crippen LogP contribution < -0.4 is 15.8 Å². The second-order valence-electron chi connectivity index (χ2n) is 6.70. The van der Waals surface area contributed by atoms with E-state index in [4.69, 9.17) is 10.5 Å². The number of amides is 2. The maximum absolute atomic E-state index is 13.1. The lowest BCUT2D eigenvalue weighted by atomic mass is 10.1. The largest absolute Gasteiger partial charge is 0.483 e. The number of allylic oxidation sites excluding steroid dienone is 1. The zero-order valence-corrected chi connectivity index (χ0v) is 18.1. The van der Waals surface area contributed by atoms with Crippen LogP contribution in [0, 0.1) is 5.82 Å². The average Bonchev–Trinajstić information content (AvgIpc) is 3.17. The number of thioether (sulfide) groups is 1. The van der Waals surface area contributed by atoms with E-state index in [1.54, 1.807) is 41.8 Å². The molecule has 2 aromatic carbocycles. The summed E-state index contributed by atoms with van der Waals surface area (Å²) in [6.07, 6.45) is 1.21. The lowest BCUT2D eigenvalue weighted by Gasteiger charge is -2.15. The summed E-state index contributed by atoms with van der Waals surface area (Å²) < 4.78 is 20.7. The summed E-state index contributed by atoms with van der Waals surface area (Å²) in [7, 11) is 0. The summed E-state index contributed by atoms with van der Waals surface area (Å²) >= 11 is 1.18. The molecule has 3 rings (SSSR count). The SMILES string of the molecule is C=CCn1c(SCC(=O)Nc2ccccc2C(N)=O)nnc1C(C)Oc1ccc(F)cc1. The van der Waals surface area contributed by atoms with Gasteiger partial charge in [-0.3, -0.25) is 14.2 Å². The van der Waals surface area contributed by atoms with Gasteiger partial charge in [0.2, 0.25) is 5.91 Å². The van der Waals surface area contributed by atoms with E-state index in [0.29, 0.717) is 29.0 Å². The number of carbonyl (C=O) groups excluding carboxylic acids is 2. The van der Waals surface area contributed by atoms with E-state index in [1.807, 2.05) is 0 Å². The molecule has 32 heavy (non-hydrogen) atoms. The van der Waals surface area contributed by atoms with E-state index in [-0.39, 0.29) is 23.0 Å². The fourth-order valence-electron chi connectivity index (χ4n) is 2.90. The van der Waals surface area contributed by atoms with E-state index in [2.05, 4.69) is 22.1 Å². The molecule has 0 spiro atoms. The summed E-state index contributed by atoms with van der Waals surface area (Å²) in [6.45, 7) is 5.97. The van der Waals surface area contributed by atoms with Gasteiger partial charge in [0.05, 0.1) is 17.0 Å². The zero-order valence-electron chi connectivity index (χ0n) is 17.3. The fourth-order valence-corrected chi connectivity index (χ4v) is 3.66. The van der Waals surface area contributed by atoms with Crippen molar-refractivity contribution in [1.82, 2.24) is 14.8 Å². The third-order valence-corrected chi connectivity index (χ3v) is 5.31. The number of benzene rings is 2. The Hall–Kier alpha value is -3.66. The van der Waals surface area contributed by atoms with Crippen LogP contribution in [0.25, 0.3) is 0 Å². The monoisotopic (exact) mass is 455 g/mol. The van der Waals surface area contributed by atoms with Crippen LogP contribution >= 0.6 is 11.8 Å². The van der Waals surface area contributed by atoms with Gasteiger partial charge in [-0.25, -0.2) is 4.39 Å². The van der Waals surface area contributed by atoms with Crippen LogP contribution in [-0.4, -0.2) is 32.3 Å². The lowest BCUT2D eigenvalue weighted by molar-refractivity contribution is -0.113. The first-order chi connectivity index (χ1) is 15.4. The van der Waals surface area contributed by atoms with Gasteiger partial charge in [0, 0.05) is 6.54 Å². The number of nitrogens with two attached hydrogens (primary N) is 1. The Bertz CT molecular complexity index is 1120. The molecule has 1 aromatic heterocycles. The highest BCUT2D eigenvalue weighted by molar-refractivity contribution is 7.99. The number of rotatable bonds is 10. The first kappa shape index (κ1) is 23.0. The Morgan fingerprint density at radius 3 is 2.66 bits per heavy atom. The minimum absolute atomic E-state index is 0.0373. The van der Waals surface area contributed by atoms with E-state index in [0.717, 1.165) is 0 Å². The van der Waals surface area contributed by atoms with Gasteiger partial charge in [0.25, 0.3) is 5.91 Å². The van der Waals surface area contributed by atoms with Crippen molar-refractivity contribution >= 4 is 29.3 Å². The summed E-state index contributed by atoms with van der Waals surface area (Å²) in [5, 5.41) is 11.6. The topological polar surface area (TPSA) is 112 Å². The van der Waals surface area contributed by atoms with E-state index >= 15 is 0 Å². The fraction of sp³-hybridized carbons (Fsp3) is 0.182. The van der Waals surface area contributed by atoms with Gasteiger partial charge in [-0.05, 0) is 43.3 Å². The Morgan fingerprint density at radius 2 is 1.97 bits per heavy atom. The third-order valence-electron chi connectivity index (χ3n) is 4.35. The smallest absolute Gasteiger partial charge is 0.250 e. The minimum atomic E-state index is -0.626. The first-order valence-electron chi connectivity index (χ1n) is 9.66. The third kappa shape index (κ3) is 5.73. The van der Waals surface area contributed by atoms with Crippen LogP contribution in [0.1, 0.15) is 29.2 Å². The van der Waals surface area contributed by atoms with Crippen LogP contribution in [-0.2, 0) is 11.3 Å². The minimum Gasteiger partial charge on any atom is -0.483 e. The van der Waals surface area contributed by atoms with Crippen LogP contribution in [0.4, 0.5) is 10.1 Å². The molecule has 8 nitrogen and oxygen atoms in total. The highest BCUT2D eigenvalue weighted by atomic mass is 32.2. The molecule has 0 bridgehead atoms. The predicted octanol–water partition coefficient (Wildman–Crippen LogP) is 3.57. The number of halogens is 1. The molecule has 0 aliphatic carbocycles. The van der Waals surface area contributed by atoms with Crippen LogP contribution in [0.3, 0.4) is 0 Å². The second-order valence-corrected chi connectivity index (χ2v) is 7.64. The first-order valence-corrected chi connectivity index (χ1v) is 10.6. The summed E-state index contributed by atoms with van der Waals surface area (Å²) in [4.78, 5) is 23.9. The van der Waals surface area contributed by atoms with Gasteiger partial charge in [0.15, 0.2) is 17.1 Å². The number of nitrogens with one attached hydrogen (secondary N) is 1. The van der Waals surface area contributed by atoms with Crippen molar-refractivity contribution in [3.05, 3.63) is 78.4 Å². The van der Waals surface area contributed by atoms with Gasteiger partial charge in [-0.15, -0.1) is 16.8 Å². The normalized spacial score (nSPS) is 11.6. The van der Waals surface area contributed by atoms with Gasteiger partial charge in [-0.2, -0.15) is 0 Å². The second kappa shape index (κ2) is 10.6. The van der Waals surface area contributed by atoms with Crippen molar-refractivity contribution in [3.8, 4) is 5.75 Å². The average molecular weight is 456 g/mol. The number of primary amides is 1. The quantitative estimate of drug-likeness (QED) is 0.357. The number of carbonyl (C=O) groups is 2. The number of nitrogens with zero attached hydrogens (tertiary/aromatic N) is 3. The molecule has 0 saturated heterocycles. The maximum Gasteiger partial charge on any atom is 0.250 e. The number of para-hydroxylation sites is 1. The molecule has 0 aliphatic heterocycles. The molecule has 1 unspecified atom stereocenters. The number of anilines is 1. The van der Waals surface area contributed by atoms with Gasteiger partial charge >= 0.3 is 0 Å². The van der Waals surface area contributed by atoms with E-state index < -0.39 is 12.0 Å². The van der Waals surface area contributed by atoms with E-state index in [9.17, 15) is 14.0 Å². The molecule has 1 heterocycles. The summed E-state index contributed by atoms with van der Waals surface area (Å²) in [6, 6.07) is 12.2. The Kier molecular flexibility index (Phi) is 7.61. The zero-order chi connectivity index (χ0) is 23.1. The van der Waals surface area contributed by atoms with Gasteiger partial charge < -0.3 is 15.8 Å². The molecule has 3 N–H and O–H groups in total. The highest BCUT2D eigenvalue weighted by Gasteiger charge is 2.20. The van der Waals surface area contributed by atoms with Crippen molar-refractivity contribution in [2.45, 2.75) is 24.7 Å². The summed E-state index contributed by atoms with van der Waals surface area (Å²) in [5.74, 6) is -0.233. The molecule has 0 aliphatic rings.